The van der Waals surface area contributed by atoms with E-state index in [0.717, 1.165) is 52.0 Å². The third kappa shape index (κ3) is 6.26. The van der Waals surface area contributed by atoms with Gasteiger partial charge < -0.3 is 29.3 Å². The second-order valence-corrected chi connectivity index (χ2v) is 9.56. The first-order valence-corrected chi connectivity index (χ1v) is 12.6. The van der Waals surface area contributed by atoms with Crippen molar-refractivity contribution in [3.8, 4) is 23.1 Å². The lowest BCUT2D eigenvalue weighted by atomic mass is 10.2. The van der Waals surface area contributed by atoms with Crippen LogP contribution in [0, 0.1) is 11.7 Å². The summed E-state index contributed by atoms with van der Waals surface area (Å²) >= 11 is 0. The number of ether oxygens (including phenoxy) is 3. The van der Waals surface area contributed by atoms with E-state index in [1.54, 1.807) is 25.3 Å². The molecule has 5 rings (SSSR count). The van der Waals surface area contributed by atoms with Gasteiger partial charge in [0, 0.05) is 56.5 Å². The number of aromatic nitrogens is 2. The van der Waals surface area contributed by atoms with Gasteiger partial charge in [-0.05, 0) is 44.5 Å². The molecule has 9 nitrogen and oxygen atoms in total. The van der Waals surface area contributed by atoms with Crippen molar-refractivity contribution >= 4 is 22.5 Å². The molecule has 2 heterocycles. The van der Waals surface area contributed by atoms with Crippen LogP contribution >= 0.6 is 0 Å². The van der Waals surface area contributed by atoms with Crippen LogP contribution in [0.15, 0.2) is 36.7 Å². The third-order valence-electron chi connectivity index (χ3n) is 6.71. The number of fused-ring (bicyclic) bond motifs is 1. The maximum atomic E-state index is 14.8. The van der Waals surface area contributed by atoms with E-state index in [1.807, 2.05) is 0 Å². The molecule has 2 aliphatic rings. The van der Waals surface area contributed by atoms with E-state index < -0.39 is 5.82 Å². The van der Waals surface area contributed by atoms with Gasteiger partial charge in [0.2, 0.25) is 11.8 Å². The zero-order chi connectivity index (χ0) is 25.8. The van der Waals surface area contributed by atoms with Crippen molar-refractivity contribution in [1.29, 1.82) is 0 Å². The van der Waals surface area contributed by atoms with Crippen LogP contribution in [0.1, 0.15) is 19.3 Å². The minimum Gasteiger partial charge on any atom is -0.493 e. The van der Waals surface area contributed by atoms with Gasteiger partial charge in [0.05, 0.1) is 24.6 Å². The van der Waals surface area contributed by atoms with E-state index in [9.17, 15) is 9.18 Å². The van der Waals surface area contributed by atoms with E-state index in [2.05, 4.69) is 32.1 Å². The summed E-state index contributed by atoms with van der Waals surface area (Å²) in [5.41, 5.74) is 0.985. The van der Waals surface area contributed by atoms with Crippen molar-refractivity contribution in [2.75, 3.05) is 58.8 Å². The van der Waals surface area contributed by atoms with E-state index >= 15 is 0 Å². The zero-order valence-electron chi connectivity index (χ0n) is 21.2. The highest BCUT2D eigenvalue weighted by molar-refractivity contribution is 5.94. The number of anilines is 1. The second kappa shape index (κ2) is 11.3. The van der Waals surface area contributed by atoms with Gasteiger partial charge in [0.25, 0.3) is 0 Å². The zero-order valence-corrected chi connectivity index (χ0v) is 21.2. The number of carbonyl (C=O) groups excluding carboxylic acids is 1. The highest BCUT2D eigenvalue weighted by Crippen LogP contribution is 2.37. The lowest BCUT2D eigenvalue weighted by Gasteiger charge is -2.32. The Hall–Kier alpha value is -3.50. The van der Waals surface area contributed by atoms with Gasteiger partial charge in [-0.2, -0.15) is 0 Å². The Morgan fingerprint density at radius 2 is 1.89 bits per heavy atom. The van der Waals surface area contributed by atoms with Crippen LogP contribution in [0.5, 0.6) is 23.1 Å². The maximum Gasteiger partial charge on any atom is 0.230 e. The molecule has 1 aliphatic heterocycles. The SMILES string of the molecule is COc1cc2c(Oc3ccc(NC(=O)C4CC4)cc3F)ncnc2cc1OCCCN1CCN(C)CC1. The number of nitrogens with zero attached hydrogens (tertiary/aromatic N) is 4. The quantitative estimate of drug-likeness (QED) is 0.411. The molecule has 2 fully saturated rings. The van der Waals surface area contributed by atoms with E-state index in [-0.39, 0.29) is 23.5 Å². The Labute approximate surface area is 215 Å². The average molecular weight is 510 g/mol. The first-order chi connectivity index (χ1) is 18.0. The van der Waals surface area contributed by atoms with Gasteiger partial charge in [-0.25, -0.2) is 14.4 Å². The first-order valence-electron chi connectivity index (χ1n) is 12.6. The molecule has 37 heavy (non-hydrogen) atoms. The molecule has 1 N–H and O–H groups in total. The largest absolute Gasteiger partial charge is 0.493 e. The number of hydrogen-bond acceptors (Lipinski definition) is 8. The van der Waals surface area contributed by atoms with Crippen molar-refractivity contribution in [3.63, 3.8) is 0 Å². The first kappa shape index (κ1) is 25.2. The minimum atomic E-state index is -0.604. The molecular weight excluding hydrogens is 477 g/mol. The number of hydrogen-bond donors (Lipinski definition) is 1. The van der Waals surface area contributed by atoms with Crippen LogP contribution in [0.4, 0.5) is 10.1 Å². The monoisotopic (exact) mass is 509 g/mol. The number of benzene rings is 2. The molecule has 0 unspecified atom stereocenters. The molecule has 10 heteroatoms. The number of piperazine rings is 1. The van der Waals surface area contributed by atoms with Crippen LogP contribution in [-0.4, -0.2) is 79.2 Å². The van der Waals surface area contributed by atoms with Crippen LogP contribution in [-0.2, 0) is 4.79 Å². The summed E-state index contributed by atoms with van der Waals surface area (Å²) in [5.74, 6) is 0.635. The fraction of sp³-hybridized carbons (Fsp3) is 0.444. The number of nitrogens with one attached hydrogen (secondary N) is 1. The standard InChI is InChI=1S/C27H32FN5O4/c1-32-9-11-33(12-10-32)8-3-13-36-25-16-22-20(15-24(25)35-2)27(30-17-29-22)37-23-7-6-19(14-21(23)28)31-26(34)18-4-5-18/h6-7,14-18H,3-5,8-13H2,1-2H3,(H,31,34). The fourth-order valence-corrected chi connectivity index (χ4v) is 4.29. The number of rotatable bonds is 10. The van der Waals surface area contributed by atoms with Gasteiger partial charge in [0.1, 0.15) is 6.33 Å². The third-order valence-corrected chi connectivity index (χ3v) is 6.71. The molecule has 3 aromatic rings. The molecule has 1 saturated heterocycles. The van der Waals surface area contributed by atoms with Gasteiger partial charge >= 0.3 is 0 Å². The smallest absolute Gasteiger partial charge is 0.230 e. The summed E-state index contributed by atoms with van der Waals surface area (Å²) in [6.07, 6.45) is 4.02. The Balaban J connectivity index is 1.25. The summed E-state index contributed by atoms with van der Waals surface area (Å²) in [6.45, 7) is 5.88. The summed E-state index contributed by atoms with van der Waals surface area (Å²) < 4.78 is 32.2. The van der Waals surface area contributed by atoms with E-state index in [4.69, 9.17) is 14.2 Å². The van der Waals surface area contributed by atoms with Crippen molar-refractivity contribution in [1.82, 2.24) is 19.8 Å². The Kier molecular flexibility index (Phi) is 7.66. The maximum absolute atomic E-state index is 14.8. The molecule has 0 spiro atoms. The lowest BCUT2D eigenvalue weighted by molar-refractivity contribution is -0.117. The Morgan fingerprint density at radius 1 is 1.08 bits per heavy atom. The predicted molar refractivity (Wildman–Crippen MR) is 138 cm³/mol. The van der Waals surface area contributed by atoms with Crippen LogP contribution in [0.3, 0.4) is 0 Å². The molecule has 1 saturated carbocycles. The van der Waals surface area contributed by atoms with Crippen LogP contribution in [0.2, 0.25) is 0 Å². The number of likely N-dealkylation sites (N-methyl/N-ethyl adjacent to an activating group) is 1. The summed E-state index contributed by atoms with van der Waals surface area (Å²) in [4.78, 5) is 25.3. The predicted octanol–water partition coefficient (Wildman–Crippen LogP) is 3.93. The summed E-state index contributed by atoms with van der Waals surface area (Å²) in [6, 6.07) is 7.85. The van der Waals surface area contributed by atoms with Crippen LogP contribution in [0.25, 0.3) is 10.9 Å². The van der Waals surface area contributed by atoms with E-state index in [1.165, 1.54) is 18.5 Å². The summed E-state index contributed by atoms with van der Waals surface area (Å²) in [7, 11) is 3.72. The number of carbonyl (C=O) groups is 1. The molecule has 1 aliphatic carbocycles. The normalized spacial score (nSPS) is 16.5. The highest BCUT2D eigenvalue weighted by atomic mass is 19.1. The molecule has 1 amide bonds. The number of amides is 1. The highest BCUT2D eigenvalue weighted by Gasteiger charge is 2.29. The molecule has 2 aromatic carbocycles. The molecule has 196 valence electrons. The molecule has 0 atom stereocenters. The van der Waals surface area contributed by atoms with Gasteiger partial charge in [-0.1, -0.05) is 0 Å². The molecular formula is C27H32FN5O4. The summed E-state index contributed by atoms with van der Waals surface area (Å²) in [5, 5.41) is 3.30. The number of halogens is 1. The van der Waals surface area contributed by atoms with Gasteiger partial charge in [0.15, 0.2) is 23.1 Å². The number of methoxy groups -OCH3 is 1. The van der Waals surface area contributed by atoms with Crippen molar-refractivity contribution in [2.45, 2.75) is 19.3 Å². The lowest BCUT2D eigenvalue weighted by Crippen LogP contribution is -2.44. The molecule has 0 radical (unpaired) electrons. The van der Waals surface area contributed by atoms with Crippen molar-refractivity contribution in [3.05, 3.63) is 42.5 Å². The average Bonchev–Trinajstić information content (AvgIpc) is 3.75. The van der Waals surface area contributed by atoms with Gasteiger partial charge in [-0.3, -0.25) is 4.79 Å². The fourth-order valence-electron chi connectivity index (χ4n) is 4.29. The van der Waals surface area contributed by atoms with Crippen LogP contribution < -0.4 is 19.5 Å². The second-order valence-electron chi connectivity index (χ2n) is 9.56. The Morgan fingerprint density at radius 3 is 2.62 bits per heavy atom. The Bertz CT molecular complexity index is 1260. The van der Waals surface area contributed by atoms with E-state index in [0.29, 0.717) is 34.7 Å². The van der Waals surface area contributed by atoms with Gasteiger partial charge in [-0.15, -0.1) is 0 Å². The molecule has 0 bridgehead atoms. The van der Waals surface area contributed by atoms with Crippen molar-refractivity contribution < 1.29 is 23.4 Å². The van der Waals surface area contributed by atoms with Crippen molar-refractivity contribution in [2.24, 2.45) is 5.92 Å². The minimum absolute atomic E-state index is 0.00683. The molecule has 1 aromatic heterocycles. The topological polar surface area (TPSA) is 89.0 Å².